The van der Waals surface area contributed by atoms with Crippen molar-refractivity contribution in [2.45, 2.75) is 12.1 Å². The smallest absolute Gasteiger partial charge is 0.249 e. The van der Waals surface area contributed by atoms with Gasteiger partial charge in [0.25, 0.3) is 0 Å². The largest absolute Gasteiger partial charge is 0.368 e. The Bertz CT molecular complexity index is 301. The van der Waals surface area contributed by atoms with Crippen molar-refractivity contribution in [2.75, 3.05) is 0 Å². The number of carbonyl (C=O) groups is 4. The van der Waals surface area contributed by atoms with E-state index >= 15 is 0 Å². The molecule has 0 aliphatic rings. The Morgan fingerprint density at radius 1 is 0.867 bits per heavy atom. The van der Waals surface area contributed by atoms with Gasteiger partial charge in [-0.3, -0.25) is 19.2 Å². The van der Waals surface area contributed by atoms with Crippen LogP contribution in [0.15, 0.2) is 0 Å². The van der Waals surface area contributed by atoms with Crippen LogP contribution in [0.2, 0.25) is 0 Å². The molecule has 0 aromatic rings. The normalized spacial score (nSPS) is 11.9. The van der Waals surface area contributed by atoms with Gasteiger partial charge < -0.3 is 28.3 Å². The van der Waals surface area contributed by atoms with Crippen molar-refractivity contribution in [1.82, 2.24) is 5.32 Å². The lowest BCUT2D eigenvalue weighted by Gasteiger charge is -2.13. The maximum absolute atomic E-state index is 11.1. The molecule has 1 atom stereocenters. The molecule has 0 spiro atoms. The van der Waals surface area contributed by atoms with Crippen LogP contribution in [0.3, 0.4) is 0 Å². The van der Waals surface area contributed by atoms with Gasteiger partial charge in [0.1, 0.15) is 0 Å². The summed E-state index contributed by atoms with van der Waals surface area (Å²) in [6.45, 7) is 0. The van der Waals surface area contributed by atoms with E-state index in [0.29, 0.717) is 0 Å². The molecule has 0 aliphatic heterocycles. The Morgan fingerprint density at radius 3 is 1.53 bits per heavy atom. The van der Waals surface area contributed by atoms with Crippen LogP contribution < -0.4 is 28.3 Å². The van der Waals surface area contributed by atoms with Crippen LogP contribution >= 0.6 is 0 Å². The first-order chi connectivity index (χ1) is 6.77. The second kappa shape index (κ2) is 4.91. The Labute approximate surface area is 84.1 Å². The SMILES string of the molecule is NC(=O)C(N)C(=O)NC(C(N)=O)C(N)=O. The van der Waals surface area contributed by atoms with Crippen LogP contribution in [0.5, 0.6) is 0 Å². The molecule has 0 radical (unpaired) electrons. The number of primary amides is 3. The summed E-state index contributed by atoms with van der Waals surface area (Å²) < 4.78 is 0. The third-order valence-electron chi connectivity index (χ3n) is 1.44. The molecule has 0 fully saturated rings. The highest BCUT2D eigenvalue weighted by molar-refractivity contribution is 6.09. The van der Waals surface area contributed by atoms with Crippen LogP contribution in [0.4, 0.5) is 0 Å². The highest BCUT2D eigenvalue weighted by Crippen LogP contribution is 1.84. The van der Waals surface area contributed by atoms with Crippen LogP contribution in [0.25, 0.3) is 0 Å². The summed E-state index contributed by atoms with van der Waals surface area (Å²) >= 11 is 0. The van der Waals surface area contributed by atoms with Gasteiger partial charge in [-0.2, -0.15) is 0 Å². The zero-order valence-electron chi connectivity index (χ0n) is 7.60. The van der Waals surface area contributed by atoms with Crippen LogP contribution in [0.1, 0.15) is 0 Å². The van der Waals surface area contributed by atoms with Crippen molar-refractivity contribution in [3.05, 3.63) is 0 Å². The van der Waals surface area contributed by atoms with Crippen LogP contribution in [-0.4, -0.2) is 35.7 Å². The summed E-state index contributed by atoms with van der Waals surface area (Å²) in [4.78, 5) is 42.8. The Hall–Kier alpha value is -2.16. The second-order valence-electron chi connectivity index (χ2n) is 2.63. The van der Waals surface area contributed by atoms with E-state index in [4.69, 9.17) is 22.9 Å². The van der Waals surface area contributed by atoms with Crippen LogP contribution in [-0.2, 0) is 19.2 Å². The monoisotopic (exact) mass is 217 g/mol. The van der Waals surface area contributed by atoms with Crippen molar-refractivity contribution in [3.8, 4) is 0 Å². The lowest BCUT2D eigenvalue weighted by Crippen LogP contribution is -2.58. The molecular weight excluding hydrogens is 206 g/mol. The fourth-order valence-electron chi connectivity index (χ4n) is 0.644. The fourth-order valence-corrected chi connectivity index (χ4v) is 0.644. The highest BCUT2D eigenvalue weighted by atomic mass is 16.2. The number of nitrogens with two attached hydrogens (primary N) is 4. The number of hydrogen-bond acceptors (Lipinski definition) is 5. The van der Waals surface area contributed by atoms with Gasteiger partial charge in [0.05, 0.1) is 0 Å². The molecule has 9 nitrogen and oxygen atoms in total. The van der Waals surface area contributed by atoms with Gasteiger partial charge in [0.15, 0.2) is 12.1 Å². The quantitative estimate of drug-likeness (QED) is 0.289. The molecule has 9 heteroatoms. The maximum atomic E-state index is 11.1. The van der Waals surface area contributed by atoms with E-state index in [1.165, 1.54) is 0 Å². The topological polar surface area (TPSA) is 184 Å². The van der Waals surface area contributed by atoms with E-state index in [2.05, 4.69) is 0 Å². The van der Waals surface area contributed by atoms with E-state index in [-0.39, 0.29) is 0 Å². The minimum Gasteiger partial charge on any atom is -0.368 e. The summed E-state index contributed by atoms with van der Waals surface area (Å²) in [5, 5.41) is 1.78. The third kappa shape index (κ3) is 3.60. The Kier molecular flexibility index (Phi) is 4.20. The van der Waals surface area contributed by atoms with Gasteiger partial charge in [0.2, 0.25) is 23.6 Å². The van der Waals surface area contributed by atoms with E-state index in [1.54, 1.807) is 5.32 Å². The molecule has 0 bridgehead atoms. The zero-order valence-corrected chi connectivity index (χ0v) is 7.60. The van der Waals surface area contributed by atoms with E-state index in [1.807, 2.05) is 0 Å². The number of carbonyl (C=O) groups excluding carboxylic acids is 4. The first kappa shape index (κ1) is 12.8. The van der Waals surface area contributed by atoms with Gasteiger partial charge in [-0.05, 0) is 0 Å². The molecule has 9 N–H and O–H groups in total. The lowest BCUT2D eigenvalue weighted by atomic mass is 10.2. The van der Waals surface area contributed by atoms with Crippen LogP contribution in [0, 0.1) is 0 Å². The van der Waals surface area contributed by atoms with Gasteiger partial charge in [0, 0.05) is 0 Å². The standard InChI is InChI=1S/C6H11N5O4/c7-1(3(8)12)6(15)11-2(4(9)13)5(10)14/h1-2H,7H2,(H2,8,12)(H2,9,13)(H2,10,14)(H,11,15). The summed E-state index contributed by atoms with van der Waals surface area (Å²) in [6, 6.07) is -3.39. The van der Waals surface area contributed by atoms with E-state index in [9.17, 15) is 19.2 Å². The van der Waals surface area contributed by atoms with Crippen molar-refractivity contribution in [1.29, 1.82) is 0 Å². The molecule has 4 amide bonds. The number of amides is 4. The predicted molar refractivity (Wildman–Crippen MR) is 47.5 cm³/mol. The first-order valence-corrected chi connectivity index (χ1v) is 3.71. The van der Waals surface area contributed by atoms with Gasteiger partial charge in [-0.25, -0.2) is 0 Å². The van der Waals surface area contributed by atoms with Crippen molar-refractivity contribution < 1.29 is 19.2 Å². The van der Waals surface area contributed by atoms with Gasteiger partial charge >= 0.3 is 0 Å². The summed E-state index contributed by atoms with van der Waals surface area (Å²) in [6.07, 6.45) is 0. The van der Waals surface area contributed by atoms with Crippen molar-refractivity contribution >= 4 is 23.6 Å². The molecule has 0 saturated carbocycles. The van der Waals surface area contributed by atoms with Gasteiger partial charge in [-0.15, -0.1) is 0 Å². The van der Waals surface area contributed by atoms with Crippen molar-refractivity contribution in [3.63, 3.8) is 0 Å². The van der Waals surface area contributed by atoms with E-state index < -0.39 is 35.7 Å². The molecule has 1 unspecified atom stereocenters. The number of hydrogen-bond donors (Lipinski definition) is 5. The molecule has 15 heavy (non-hydrogen) atoms. The fraction of sp³-hybridized carbons (Fsp3) is 0.333. The van der Waals surface area contributed by atoms with Gasteiger partial charge in [-0.1, -0.05) is 0 Å². The predicted octanol–water partition coefficient (Wildman–Crippen LogP) is -4.75. The molecule has 0 rings (SSSR count). The summed E-state index contributed by atoms with van der Waals surface area (Å²) in [7, 11) is 0. The number of rotatable bonds is 5. The maximum Gasteiger partial charge on any atom is 0.249 e. The molecule has 0 saturated heterocycles. The molecule has 84 valence electrons. The Balaban J connectivity index is 4.56. The third-order valence-corrected chi connectivity index (χ3v) is 1.44. The van der Waals surface area contributed by atoms with Crippen molar-refractivity contribution in [2.24, 2.45) is 22.9 Å². The lowest BCUT2D eigenvalue weighted by molar-refractivity contribution is -0.136. The molecule has 0 aliphatic carbocycles. The minimum atomic E-state index is -1.72. The Morgan fingerprint density at radius 2 is 1.27 bits per heavy atom. The molecule has 0 heterocycles. The summed E-state index contributed by atoms with van der Waals surface area (Å²) in [5.41, 5.74) is 19.2. The average molecular weight is 217 g/mol. The summed E-state index contributed by atoms with van der Waals surface area (Å²) in [5.74, 6) is -4.54. The zero-order chi connectivity index (χ0) is 12.2. The second-order valence-corrected chi connectivity index (χ2v) is 2.63. The molecule has 0 aromatic carbocycles. The van der Waals surface area contributed by atoms with E-state index in [0.717, 1.165) is 0 Å². The average Bonchev–Trinajstić information content (AvgIpc) is 2.11. The molecular formula is C6H11N5O4. The minimum absolute atomic E-state index is 1.11. The highest BCUT2D eigenvalue weighted by Gasteiger charge is 2.28. The number of nitrogens with one attached hydrogen (secondary N) is 1. The molecule has 0 aromatic heterocycles. The first-order valence-electron chi connectivity index (χ1n) is 3.71.